The molecule has 6 nitrogen and oxygen atoms in total. The van der Waals surface area contributed by atoms with Gasteiger partial charge in [-0.3, -0.25) is 4.79 Å². The zero-order valence-electron chi connectivity index (χ0n) is 9.38. The Morgan fingerprint density at radius 1 is 1.50 bits per heavy atom. The SMILES string of the molecule is COCCN(CC(=O)O)c1ccc(C)nn1. The molecule has 1 heterocycles. The van der Waals surface area contributed by atoms with E-state index in [1.807, 2.05) is 6.92 Å². The van der Waals surface area contributed by atoms with Gasteiger partial charge in [0.25, 0.3) is 0 Å². The molecule has 0 bridgehead atoms. The standard InChI is InChI=1S/C10H15N3O3/c1-8-3-4-9(12-11-8)13(5-6-16-2)7-10(14)15/h3-4H,5-7H2,1-2H3,(H,14,15). The number of nitrogens with zero attached hydrogens (tertiary/aromatic N) is 3. The highest BCUT2D eigenvalue weighted by atomic mass is 16.5. The lowest BCUT2D eigenvalue weighted by Crippen LogP contribution is -2.33. The minimum atomic E-state index is -0.904. The van der Waals surface area contributed by atoms with Gasteiger partial charge in [0.2, 0.25) is 0 Å². The number of hydrogen-bond donors (Lipinski definition) is 1. The van der Waals surface area contributed by atoms with E-state index in [0.717, 1.165) is 5.69 Å². The smallest absolute Gasteiger partial charge is 0.323 e. The van der Waals surface area contributed by atoms with Crippen molar-refractivity contribution in [3.8, 4) is 0 Å². The summed E-state index contributed by atoms with van der Waals surface area (Å²) in [7, 11) is 1.57. The van der Waals surface area contributed by atoms with Crippen molar-refractivity contribution >= 4 is 11.8 Å². The van der Waals surface area contributed by atoms with Gasteiger partial charge in [-0.05, 0) is 19.1 Å². The molecule has 0 fully saturated rings. The topological polar surface area (TPSA) is 75.5 Å². The number of ether oxygens (including phenoxy) is 1. The molecule has 0 spiro atoms. The summed E-state index contributed by atoms with van der Waals surface area (Å²) in [5.41, 5.74) is 0.797. The second kappa shape index (κ2) is 6.02. The van der Waals surface area contributed by atoms with Gasteiger partial charge in [0, 0.05) is 13.7 Å². The van der Waals surface area contributed by atoms with Crippen LogP contribution >= 0.6 is 0 Å². The van der Waals surface area contributed by atoms with Crippen LogP contribution < -0.4 is 4.90 Å². The highest BCUT2D eigenvalue weighted by molar-refractivity contribution is 5.73. The van der Waals surface area contributed by atoms with E-state index < -0.39 is 5.97 Å². The molecular formula is C10H15N3O3. The highest BCUT2D eigenvalue weighted by Gasteiger charge is 2.11. The second-order valence-corrected chi connectivity index (χ2v) is 3.34. The van der Waals surface area contributed by atoms with Crippen LogP contribution in [-0.4, -0.2) is 48.1 Å². The molecular weight excluding hydrogens is 210 g/mol. The third-order valence-corrected chi connectivity index (χ3v) is 2.00. The lowest BCUT2D eigenvalue weighted by molar-refractivity contribution is -0.135. The molecule has 1 N–H and O–H groups in total. The van der Waals surface area contributed by atoms with Gasteiger partial charge in [-0.25, -0.2) is 0 Å². The Morgan fingerprint density at radius 2 is 2.25 bits per heavy atom. The maximum atomic E-state index is 10.7. The van der Waals surface area contributed by atoms with Gasteiger partial charge >= 0.3 is 5.97 Å². The first-order valence-corrected chi connectivity index (χ1v) is 4.89. The zero-order valence-corrected chi connectivity index (χ0v) is 9.38. The van der Waals surface area contributed by atoms with Crippen LogP contribution in [0, 0.1) is 6.92 Å². The van der Waals surface area contributed by atoms with E-state index in [9.17, 15) is 4.79 Å². The maximum Gasteiger partial charge on any atom is 0.323 e. The van der Waals surface area contributed by atoms with Gasteiger partial charge in [0.15, 0.2) is 5.82 Å². The van der Waals surface area contributed by atoms with Crippen molar-refractivity contribution < 1.29 is 14.6 Å². The highest BCUT2D eigenvalue weighted by Crippen LogP contribution is 2.08. The number of rotatable bonds is 6. The van der Waals surface area contributed by atoms with Crippen LogP contribution in [-0.2, 0) is 9.53 Å². The number of methoxy groups -OCH3 is 1. The quantitative estimate of drug-likeness (QED) is 0.751. The Balaban J connectivity index is 2.74. The normalized spacial score (nSPS) is 10.1. The average Bonchev–Trinajstić information content (AvgIpc) is 2.25. The fourth-order valence-electron chi connectivity index (χ4n) is 1.20. The third kappa shape index (κ3) is 3.82. The first kappa shape index (κ1) is 12.4. The monoisotopic (exact) mass is 225 g/mol. The Labute approximate surface area is 93.9 Å². The Bertz CT molecular complexity index is 340. The summed E-state index contributed by atoms with van der Waals surface area (Å²) in [6.45, 7) is 2.64. The van der Waals surface area contributed by atoms with Crippen molar-refractivity contribution in [3.63, 3.8) is 0 Å². The number of carbonyl (C=O) groups is 1. The largest absolute Gasteiger partial charge is 0.480 e. The molecule has 0 saturated heterocycles. The van der Waals surface area contributed by atoms with Crippen molar-refractivity contribution in [2.24, 2.45) is 0 Å². The van der Waals surface area contributed by atoms with E-state index in [0.29, 0.717) is 19.0 Å². The first-order chi connectivity index (χ1) is 7.63. The van der Waals surface area contributed by atoms with Gasteiger partial charge in [0.05, 0.1) is 12.3 Å². The number of aliphatic carboxylic acids is 1. The number of carboxylic acid groups (broad SMARTS) is 1. The number of aryl methyl sites for hydroxylation is 1. The summed E-state index contributed by atoms with van der Waals surface area (Å²) in [4.78, 5) is 12.3. The van der Waals surface area contributed by atoms with E-state index in [1.165, 1.54) is 0 Å². The Kier molecular flexibility index (Phi) is 4.65. The molecule has 6 heteroatoms. The van der Waals surface area contributed by atoms with Gasteiger partial charge in [-0.2, -0.15) is 5.10 Å². The van der Waals surface area contributed by atoms with Crippen LogP contribution in [0.5, 0.6) is 0 Å². The summed E-state index contributed by atoms with van der Waals surface area (Å²) in [6, 6.07) is 3.55. The third-order valence-electron chi connectivity index (χ3n) is 2.00. The molecule has 16 heavy (non-hydrogen) atoms. The molecule has 0 saturated carbocycles. The Hall–Kier alpha value is -1.69. The van der Waals surface area contributed by atoms with Gasteiger partial charge < -0.3 is 14.7 Å². The fourth-order valence-corrected chi connectivity index (χ4v) is 1.20. The van der Waals surface area contributed by atoms with Crippen molar-refractivity contribution in [2.75, 3.05) is 31.7 Å². The maximum absolute atomic E-state index is 10.7. The van der Waals surface area contributed by atoms with Crippen LogP contribution in [0.25, 0.3) is 0 Å². The molecule has 1 aromatic heterocycles. The molecule has 0 atom stereocenters. The molecule has 0 radical (unpaired) electrons. The molecule has 88 valence electrons. The average molecular weight is 225 g/mol. The number of anilines is 1. The van der Waals surface area contributed by atoms with Crippen molar-refractivity contribution in [3.05, 3.63) is 17.8 Å². The van der Waals surface area contributed by atoms with Crippen LogP contribution in [0.4, 0.5) is 5.82 Å². The van der Waals surface area contributed by atoms with Crippen LogP contribution in [0.15, 0.2) is 12.1 Å². The van der Waals surface area contributed by atoms with Gasteiger partial charge in [-0.15, -0.1) is 5.10 Å². The number of hydrogen-bond acceptors (Lipinski definition) is 5. The summed E-state index contributed by atoms with van der Waals surface area (Å²) >= 11 is 0. The number of aromatic nitrogens is 2. The van der Waals surface area contributed by atoms with Crippen molar-refractivity contribution in [2.45, 2.75) is 6.92 Å². The second-order valence-electron chi connectivity index (χ2n) is 3.34. The molecule has 0 aliphatic rings. The summed E-state index contributed by atoms with van der Waals surface area (Å²) in [5, 5.41) is 16.6. The van der Waals surface area contributed by atoms with Gasteiger partial charge in [-0.1, -0.05) is 0 Å². The minimum Gasteiger partial charge on any atom is -0.480 e. The van der Waals surface area contributed by atoms with Gasteiger partial charge in [0.1, 0.15) is 6.54 Å². The predicted octanol–water partition coefficient (Wildman–Crippen LogP) is 0.322. The van der Waals surface area contributed by atoms with Crippen LogP contribution in [0.3, 0.4) is 0 Å². The summed E-state index contributed by atoms with van der Waals surface area (Å²) in [6.07, 6.45) is 0. The molecule has 1 aromatic rings. The fraction of sp³-hybridized carbons (Fsp3) is 0.500. The van der Waals surface area contributed by atoms with E-state index in [4.69, 9.17) is 9.84 Å². The number of carboxylic acids is 1. The molecule has 0 aliphatic heterocycles. The van der Waals surface area contributed by atoms with Crippen molar-refractivity contribution in [1.29, 1.82) is 0 Å². The molecule has 0 unspecified atom stereocenters. The zero-order chi connectivity index (χ0) is 12.0. The van der Waals surface area contributed by atoms with E-state index in [2.05, 4.69) is 10.2 Å². The first-order valence-electron chi connectivity index (χ1n) is 4.89. The van der Waals surface area contributed by atoms with Crippen LogP contribution in [0.1, 0.15) is 5.69 Å². The van der Waals surface area contributed by atoms with E-state index in [-0.39, 0.29) is 6.54 Å². The lowest BCUT2D eigenvalue weighted by Gasteiger charge is -2.20. The summed E-state index contributed by atoms with van der Waals surface area (Å²) in [5.74, 6) is -0.358. The van der Waals surface area contributed by atoms with Crippen LogP contribution in [0.2, 0.25) is 0 Å². The minimum absolute atomic E-state index is 0.110. The van der Waals surface area contributed by atoms with E-state index >= 15 is 0 Å². The summed E-state index contributed by atoms with van der Waals surface area (Å²) < 4.78 is 4.92. The van der Waals surface area contributed by atoms with E-state index in [1.54, 1.807) is 24.1 Å². The van der Waals surface area contributed by atoms with Crippen molar-refractivity contribution in [1.82, 2.24) is 10.2 Å². The molecule has 1 rings (SSSR count). The Morgan fingerprint density at radius 3 is 2.75 bits per heavy atom. The molecule has 0 aromatic carbocycles. The molecule has 0 amide bonds. The molecule has 0 aliphatic carbocycles. The predicted molar refractivity (Wildman–Crippen MR) is 58.5 cm³/mol. The lowest BCUT2D eigenvalue weighted by atomic mass is 10.4.